The van der Waals surface area contributed by atoms with E-state index in [0.29, 0.717) is 29.1 Å². The Labute approximate surface area is 168 Å². The maximum atomic E-state index is 13.9. The van der Waals surface area contributed by atoms with Gasteiger partial charge in [0.15, 0.2) is 0 Å². The number of benzene rings is 2. The zero-order chi connectivity index (χ0) is 20.4. The monoisotopic (exact) mass is 393 g/mol. The highest BCUT2D eigenvalue weighted by atomic mass is 19.1. The molecule has 6 nitrogen and oxygen atoms in total. The van der Waals surface area contributed by atoms with Gasteiger partial charge in [-0.05, 0) is 49.3 Å². The number of halogens is 1. The van der Waals surface area contributed by atoms with E-state index in [4.69, 9.17) is 5.73 Å². The molecule has 1 atom stereocenters. The topological polar surface area (TPSA) is 84.1 Å². The summed E-state index contributed by atoms with van der Waals surface area (Å²) in [6.45, 7) is 4.77. The van der Waals surface area contributed by atoms with Crippen molar-refractivity contribution in [3.8, 4) is 0 Å². The van der Waals surface area contributed by atoms with Crippen LogP contribution >= 0.6 is 0 Å². The predicted octanol–water partition coefficient (Wildman–Crippen LogP) is 3.29. The quantitative estimate of drug-likeness (QED) is 0.644. The number of aromatic nitrogens is 2. The van der Waals surface area contributed by atoms with Crippen molar-refractivity contribution in [1.29, 1.82) is 0 Å². The lowest BCUT2D eigenvalue weighted by Crippen LogP contribution is -2.41. The third-order valence-corrected chi connectivity index (χ3v) is 5.31. The first kappa shape index (κ1) is 19.3. The van der Waals surface area contributed by atoms with Gasteiger partial charge in [0, 0.05) is 18.4 Å². The van der Waals surface area contributed by atoms with E-state index >= 15 is 0 Å². The Hall–Kier alpha value is -3.06. The van der Waals surface area contributed by atoms with Crippen LogP contribution < -0.4 is 11.1 Å². The second-order valence-corrected chi connectivity index (χ2v) is 7.31. The van der Waals surface area contributed by atoms with Crippen LogP contribution in [0.15, 0.2) is 42.5 Å². The van der Waals surface area contributed by atoms with Crippen LogP contribution in [0.2, 0.25) is 0 Å². The van der Waals surface area contributed by atoms with Crippen LogP contribution in [0.3, 0.4) is 0 Å². The number of nitrogens with zero attached hydrogens (tertiary/aromatic N) is 3. The number of para-hydroxylation sites is 1. The summed E-state index contributed by atoms with van der Waals surface area (Å²) >= 11 is 0. The molecule has 1 fully saturated rings. The number of aryl methyl sites for hydroxylation is 1. The molecule has 1 aromatic heterocycles. The minimum absolute atomic E-state index is 0.147. The van der Waals surface area contributed by atoms with Gasteiger partial charge in [0.1, 0.15) is 17.5 Å². The van der Waals surface area contributed by atoms with Crippen molar-refractivity contribution in [3.63, 3.8) is 0 Å². The molecule has 1 aliphatic rings. The van der Waals surface area contributed by atoms with Crippen molar-refractivity contribution in [2.24, 2.45) is 5.73 Å². The van der Waals surface area contributed by atoms with Crippen LogP contribution in [-0.4, -0.2) is 40.4 Å². The van der Waals surface area contributed by atoms with E-state index in [1.165, 1.54) is 12.5 Å². The Morgan fingerprint density at radius 2 is 2.03 bits per heavy atom. The summed E-state index contributed by atoms with van der Waals surface area (Å²) in [6.07, 6.45) is 1.79. The summed E-state index contributed by atoms with van der Waals surface area (Å²) in [7, 11) is 0. The normalized spacial score (nSPS) is 15.1. The molecule has 7 heteroatoms. The van der Waals surface area contributed by atoms with Crippen LogP contribution in [0.25, 0.3) is 10.9 Å². The first-order valence-electron chi connectivity index (χ1n) is 9.89. The van der Waals surface area contributed by atoms with E-state index in [1.54, 1.807) is 24.3 Å². The van der Waals surface area contributed by atoms with E-state index in [-0.39, 0.29) is 11.9 Å². The lowest BCUT2D eigenvalue weighted by Gasteiger charge is -2.35. The fourth-order valence-electron chi connectivity index (χ4n) is 3.61. The zero-order valence-electron chi connectivity index (χ0n) is 16.4. The summed E-state index contributed by atoms with van der Waals surface area (Å²) < 4.78 is 13.9. The molecule has 2 heterocycles. The van der Waals surface area contributed by atoms with Crippen LogP contribution in [0.5, 0.6) is 0 Å². The van der Waals surface area contributed by atoms with Gasteiger partial charge in [-0.1, -0.05) is 25.1 Å². The molecular weight excluding hydrogens is 369 g/mol. The van der Waals surface area contributed by atoms with Crippen molar-refractivity contribution in [3.05, 3.63) is 65.2 Å². The molecule has 0 saturated carbocycles. The second-order valence-electron chi connectivity index (χ2n) is 7.31. The van der Waals surface area contributed by atoms with Crippen molar-refractivity contribution in [2.75, 3.05) is 25.0 Å². The fraction of sp³-hybridized carbons (Fsp3) is 0.318. The third-order valence-electron chi connectivity index (χ3n) is 5.31. The van der Waals surface area contributed by atoms with Gasteiger partial charge in [-0.15, -0.1) is 0 Å². The molecule has 0 bridgehead atoms. The molecule has 2 aromatic carbocycles. The van der Waals surface area contributed by atoms with E-state index in [1.807, 2.05) is 19.1 Å². The van der Waals surface area contributed by atoms with Gasteiger partial charge in [0.25, 0.3) is 5.91 Å². The zero-order valence-corrected chi connectivity index (χ0v) is 16.4. The molecule has 0 spiro atoms. The number of amides is 1. The standard InChI is InChI=1S/C22H24FN5O/c1-2-19-26-20-16(21(24)29)8-4-9-17(20)22(27-19)25-18(13-28-10-5-11-28)14-6-3-7-15(23)12-14/h3-4,6-9,12,18H,2,5,10-11,13H2,1H3,(H2,24,29)(H,25,26,27). The summed E-state index contributed by atoms with van der Waals surface area (Å²) in [4.78, 5) is 23.4. The number of carbonyl (C=O) groups is 1. The number of anilines is 1. The lowest BCUT2D eigenvalue weighted by atomic mass is 10.0. The van der Waals surface area contributed by atoms with E-state index in [9.17, 15) is 9.18 Å². The number of primary amides is 1. The van der Waals surface area contributed by atoms with Crippen LogP contribution in [-0.2, 0) is 6.42 Å². The second kappa shape index (κ2) is 8.13. The van der Waals surface area contributed by atoms with Crippen LogP contribution in [0, 0.1) is 5.82 Å². The Morgan fingerprint density at radius 3 is 2.69 bits per heavy atom. The van der Waals surface area contributed by atoms with Crippen molar-refractivity contribution >= 4 is 22.6 Å². The van der Waals surface area contributed by atoms with Gasteiger partial charge >= 0.3 is 0 Å². The Morgan fingerprint density at radius 1 is 1.24 bits per heavy atom. The van der Waals surface area contributed by atoms with Crippen LogP contribution in [0.4, 0.5) is 10.2 Å². The van der Waals surface area contributed by atoms with Gasteiger partial charge in [-0.3, -0.25) is 4.79 Å². The van der Waals surface area contributed by atoms with Crippen molar-refractivity contribution < 1.29 is 9.18 Å². The average Bonchev–Trinajstić information content (AvgIpc) is 2.68. The van der Waals surface area contributed by atoms with E-state index in [0.717, 1.165) is 30.6 Å². The largest absolute Gasteiger partial charge is 0.366 e. The SMILES string of the molecule is CCc1nc(NC(CN2CCC2)c2cccc(F)c2)c2cccc(C(N)=O)c2n1. The molecule has 1 unspecified atom stereocenters. The first-order valence-corrected chi connectivity index (χ1v) is 9.89. The minimum Gasteiger partial charge on any atom is -0.366 e. The Bertz CT molecular complexity index is 1050. The number of fused-ring (bicyclic) bond motifs is 1. The molecule has 0 aliphatic carbocycles. The lowest BCUT2D eigenvalue weighted by molar-refractivity contribution is 0.100. The van der Waals surface area contributed by atoms with E-state index in [2.05, 4.69) is 20.2 Å². The highest BCUT2D eigenvalue weighted by Gasteiger charge is 2.23. The van der Waals surface area contributed by atoms with Gasteiger partial charge in [0.05, 0.1) is 17.1 Å². The fourth-order valence-corrected chi connectivity index (χ4v) is 3.61. The van der Waals surface area contributed by atoms with Gasteiger partial charge < -0.3 is 16.0 Å². The molecule has 1 saturated heterocycles. The summed E-state index contributed by atoms with van der Waals surface area (Å²) in [6, 6.07) is 11.8. The summed E-state index contributed by atoms with van der Waals surface area (Å²) in [5.74, 6) is 0.459. The predicted molar refractivity (Wildman–Crippen MR) is 111 cm³/mol. The molecule has 150 valence electrons. The number of hydrogen-bond donors (Lipinski definition) is 2. The minimum atomic E-state index is -0.524. The highest BCUT2D eigenvalue weighted by molar-refractivity contribution is 6.07. The molecule has 3 aromatic rings. The van der Waals surface area contributed by atoms with Gasteiger partial charge in [-0.2, -0.15) is 0 Å². The highest BCUT2D eigenvalue weighted by Crippen LogP contribution is 2.28. The molecule has 1 aliphatic heterocycles. The maximum Gasteiger partial charge on any atom is 0.250 e. The number of hydrogen-bond acceptors (Lipinski definition) is 5. The molecule has 0 radical (unpaired) electrons. The Balaban J connectivity index is 1.78. The molecule has 4 rings (SSSR count). The van der Waals surface area contributed by atoms with Gasteiger partial charge in [-0.25, -0.2) is 14.4 Å². The van der Waals surface area contributed by atoms with Gasteiger partial charge in [0.2, 0.25) is 0 Å². The van der Waals surface area contributed by atoms with Crippen molar-refractivity contribution in [1.82, 2.24) is 14.9 Å². The summed E-state index contributed by atoms with van der Waals surface area (Å²) in [5, 5.41) is 4.22. The number of likely N-dealkylation sites (tertiary alicyclic amines) is 1. The molecule has 29 heavy (non-hydrogen) atoms. The smallest absolute Gasteiger partial charge is 0.250 e. The average molecular weight is 393 g/mol. The summed E-state index contributed by atoms with van der Waals surface area (Å²) in [5.41, 5.74) is 7.31. The van der Waals surface area contributed by atoms with E-state index < -0.39 is 5.91 Å². The first-order chi connectivity index (χ1) is 14.0. The molecular formula is C22H24FN5O. The third kappa shape index (κ3) is 4.05. The molecule has 3 N–H and O–H groups in total. The number of carbonyl (C=O) groups excluding carboxylic acids is 1. The Kier molecular flexibility index (Phi) is 5.40. The molecule has 1 amide bonds. The number of nitrogens with two attached hydrogens (primary N) is 1. The maximum absolute atomic E-state index is 13.9. The number of nitrogens with one attached hydrogen (secondary N) is 1. The van der Waals surface area contributed by atoms with Crippen molar-refractivity contribution in [2.45, 2.75) is 25.8 Å². The van der Waals surface area contributed by atoms with Crippen LogP contribution in [0.1, 0.15) is 41.1 Å². The number of rotatable bonds is 7.